The van der Waals surface area contributed by atoms with Gasteiger partial charge in [0.1, 0.15) is 0 Å². The van der Waals surface area contributed by atoms with Crippen LogP contribution in [-0.2, 0) is 11.3 Å². The van der Waals surface area contributed by atoms with E-state index in [2.05, 4.69) is 5.32 Å². The highest BCUT2D eigenvalue weighted by atomic mass is 16.2. The number of carbonyl (C=O) groups is 1. The molecule has 0 fully saturated rings. The van der Waals surface area contributed by atoms with Crippen LogP contribution in [-0.4, -0.2) is 23.6 Å². The van der Waals surface area contributed by atoms with Crippen LogP contribution in [0, 0.1) is 5.41 Å². The average Bonchev–Trinajstić information content (AvgIpc) is 2.85. The summed E-state index contributed by atoms with van der Waals surface area (Å²) < 4.78 is 2.04. The fourth-order valence-corrected chi connectivity index (χ4v) is 1.96. The number of aromatic nitrogens is 1. The van der Waals surface area contributed by atoms with E-state index in [1.165, 1.54) is 0 Å². The molecule has 0 saturated carbocycles. The molecule has 0 unspecified atom stereocenters. The van der Waals surface area contributed by atoms with Crippen molar-refractivity contribution in [3.05, 3.63) is 24.5 Å². The molecular formula is C13H23N3O. The predicted octanol–water partition coefficient (Wildman–Crippen LogP) is 1.37. The van der Waals surface area contributed by atoms with Crippen LogP contribution in [0.3, 0.4) is 0 Å². The molecule has 1 aromatic rings. The van der Waals surface area contributed by atoms with Crippen LogP contribution in [0.2, 0.25) is 0 Å². The van der Waals surface area contributed by atoms with Crippen LogP contribution < -0.4 is 11.1 Å². The van der Waals surface area contributed by atoms with E-state index in [4.69, 9.17) is 5.73 Å². The molecule has 4 nitrogen and oxygen atoms in total. The Balaban J connectivity index is 2.42. The summed E-state index contributed by atoms with van der Waals surface area (Å²) in [5.74, 6) is 0.0807. The van der Waals surface area contributed by atoms with Gasteiger partial charge in [0.05, 0.1) is 5.41 Å². The second-order valence-corrected chi connectivity index (χ2v) is 4.37. The number of hydrogen-bond donors (Lipinski definition) is 2. The lowest BCUT2D eigenvalue weighted by atomic mass is 9.81. The molecule has 0 atom stereocenters. The minimum Gasteiger partial charge on any atom is -0.354 e. The van der Waals surface area contributed by atoms with Crippen LogP contribution in [0.5, 0.6) is 0 Å². The van der Waals surface area contributed by atoms with E-state index < -0.39 is 5.41 Å². The van der Waals surface area contributed by atoms with Crippen LogP contribution in [0.25, 0.3) is 0 Å². The lowest BCUT2D eigenvalue weighted by Gasteiger charge is -2.28. The summed E-state index contributed by atoms with van der Waals surface area (Å²) in [5, 5.41) is 2.97. The Kier molecular flexibility index (Phi) is 5.22. The standard InChI is InChI=1S/C13H23N3O/c1-3-13(4-2,11-14)12(17)15-7-10-16-8-5-6-9-16/h5-6,8-9H,3-4,7,10-11,14H2,1-2H3,(H,15,17). The number of carbonyl (C=O) groups excluding carboxylic acids is 1. The maximum Gasteiger partial charge on any atom is 0.227 e. The van der Waals surface area contributed by atoms with E-state index in [9.17, 15) is 4.79 Å². The van der Waals surface area contributed by atoms with E-state index in [0.29, 0.717) is 13.1 Å². The summed E-state index contributed by atoms with van der Waals surface area (Å²) in [5.41, 5.74) is 5.34. The first-order valence-electron chi connectivity index (χ1n) is 6.27. The van der Waals surface area contributed by atoms with Crippen LogP contribution in [0.15, 0.2) is 24.5 Å². The monoisotopic (exact) mass is 237 g/mol. The van der Waals surface area contributed by atoms with Gasteiger partial charge in [0.2, 0.25) is 5.91 Å². The lowest BCUT2D eigenvalue weighted by Crippen LogP contribution is -2.46. The summed E-state index contributed by atoms with van der Waals surface area (Å²) in [6, 6.07) is 3.95. The van der Waals surface area contributed by atoms with Gasteiger partial charge in [-0.15, -0.1) is 0 Å². The second kappa shape index (κ2) is 6.45. The first-order chi connectivity index (χ1) is 8.18. The zero-order chi connectivity index (χ0) is 12.7. The van der Waals surface area contributed by atoms with Crippen molar-refractivity contribution < 1.29 is 4.79 Å². The van der Waals surface area contributed by atoms with Gasteiger partial charge in [0.15, 0.2) is 0 Å². The highest BCUT2D eigenvalue weighted by Crippen LogP contribution is 2.24. The van der Waals surface area contributed by atoms with Gasteiger partial charge in [-0.05, 0) is 25.0 Å². The Bertz CT molecular complexity index is 320. The minimum absolute atomic E-state index is 0.0807. The molecule has 0 aromatic carbocycles. The van der Waals surface area contributed by atoms with Gasteiger partial charge < -0.3 is 15.6 Å². The van der Waals surface area contributed by atoms with E-state index >= 15 is 0 Å². The van der Waals surface area contributed by atoms with Crippen LogP contribution in [0.1, 0.15) is 26.7 Å². The van der Waals surface area contributed by atoms with E-state index in [0.717, 1.165) is 19.4 Å². The zero-order valence-electron chi connectivity index (χ0n) is 10.8. The van der Waals surface area contributed by atoms with Crippen molar-refractivity contribution in [3.63, 3.8) is 0 Å². The molecule has 0 aliphatic rings. The van der Waals surface area contributed by atoms with Gasteiger partial charge in [-0.2, -0.15) is 0 Å². The molecule has 1 rings (SSSR count). The Labute approximate surface area is 103 Å². The zero-order valence-corrected chi connectivity index (χ0v) is 10.8. The van der Waals surface area contributed by atoms with Crippen molar-refractivity contribution >= 4 is 5.91 Å². The Morgan fingerprint density at radius 2 is 1.88 bits per heavy atom. The third kappa shape index (κ3) is 3.33. The Hall–Kier alpha value is -1.29. The minimum atomic E-state index is -0.392. The van der Waals surface area contributed by atoms with E-state index in [1.807, 2.05) is 42.9 Å². The number of rotatable bonds is 7. The molecule has 0 bridgehead atoms. The molecule has 0 aliphatic carbocycles. The quantitative estimate of drug-likeness (QED) is 0.752. The molecule has 4 heteroatoms. The maximum absolute atomic E-state index is 12.1. The fraction of sp³-hybridized carbons (Fsp3) is 0.615. The Morgan fingerprint density at radius 3 is 2.35 bits per heavy atom. The predicted molar refractivity (Wildman–Crippen MR) is 69.5 cm³/mol. The van der Waals surface area contributed by atoms with Crippen molar-refractivity contribution in [1.82, 2.24) is 9.88 Å². The SMILES string of the molecule is CCC(CC)(CN)C(=O)NCCn1cccc1. The van der Waals surface area contributed by atoms with E-state index in [1.54, 1.807) is 0 Å². The third-order valence-corrected chi connectivity index (χ3v) is 3.55. The largest absolute Gasteiger partial charge is 0.354 e. The number of nitrogens with zero attached hydrogens (tertiary/aromatic N) is 1. The maximum atomic E-state index is 12.1. The van der Waals surface area contributed by atoms with Crippen molar-refractivity contribution in [3.8, 4) is 0 Å². The molecule has 3 N–H and O–H groups in total. The van der Waals surface area contributed by atoms with Crippen molar-refractivity contribution in [1.29, 1.82) is 0 Å². The van der Waals surface area contributed by atoms with Gasteiger partial charge in [-0.3, -0.25) is 4.79 Å². The van der Waals surface area contributed by atoms with Crippen molar-refractivity contribution in [2.75, 3.05) is 13.1 Å². The summed E-state index contributed by atoms with van der Waals surface area (Å²) in [6.45, 7) is 5.89. The summed E-state index contributed by atoms with van der Waals surface area (Å²) in [6.07, 6.45) is 5.55. The number of nitrogens with one attached hydrogen (secondary N) is 1. The van der Waals surface area contributed by atoms with Gasteiger partial charge >= 0.3 is 0 Å². The summed E-state index contributed by atoms with van der Waals surface area (Å²) >= 11 is 0. The van der Waals surface area contributed by atoms with Gasteiger partial charge in [0, 0.05) is 32.0 Å². The van der Waals surface area contributed by atoms with Crippen molar-refractivity contribution in [2.24, 2.45) is 11.1 Å². The highest BCUT2D eigenvalue weighted by molar-refractivity contribution is 5.82. The molecule has 17 heavy (non-hydrogen) atoms. The molecule has 1 aromatic heterocycles. The number of nitrogens with two attached hydrogens (primary N) is 1. The molecule has 96 valence electrons. The first kappa shape index (κ1) is 13.8. The summed E-state index contributed by atoms with van der Waals surface area (Å²) in [7, 11) is 0. The lowest BCUT2D eigenvalue weighted by molar-refractivity contribution is -0.131. The molecule has 0 radical (unpaired) electrons. The molecule has 0 saturated heterocycles. The smallest absolute Gasteiger partial charge is 0.227 e. The van der Waals surface area contributed by atoms with Gasteiger partial charge in [-0.1, -0.05) is 13.8 Å². The molecular weight excluding hydrogens is 214 g/mol. The number of amides is 1. The second-order valence-electron chi connectivity index (χ2n) is 4.37. The molecule has 1 heterocycles. The average molecular weight is 237 g/mol. The van der Waals surface area contributed by atoms with Crippen LogP contribution in [0.4, 0.5) is 0 Å². The van der Waals surface area contributed by atoms with E-state index in [-0.39, 0.29) is 5.91 Å². The fourth-order valence-electron chi connectivity index (χ4n) is 1.96. The first-order valence-corrected chi connectivity index (χ1v) is 6.27. The van der Waals surface area contributed by atoms with Gasteiger partial charge in [0.25, 0.3) is 0 Å². The molecule has 1 amide bonds. The van der Waals surface area contributed by atoms with Crippen LogP contribution >= 0.6 is 0 Å². The van der Waals surface area contributed by atoms with Gasteiger partial charge in [-0.25, -0.2) is 0 Å². The molecule has 0 aliphatic heterocycles. The van der Waals surface area contributed by atoms with Crippen molar-refractivity contribution in [2.45, 2.75) is 33.2 Å². The Morgan fingerprint density at radius 1 is 1.29 bits per heavy atom. The number of hydrogen-bond acceptors (Lipinski definition) is 2. The third-order valence-electron chi connectivity index (χ3n) is 3.55. The summed E-state index contributed by atoms with van der Waals surface area (Å²) in [4.78, 5) is 12.1. The normalized spacial score (nSPS) is 11.5. The molecule has 0 spiro atoms. The topological polar surface area (TPSA) is 60.1 Å². The highest BCUT2D eigenvalue weighted by Gasteiger charge is 2.32.